The Morgan fingerprint density at radius 1 is 0.659 bits per heavy atom. The molecule has 0 saturated carbocycles. The zero-order valence-corrected chi connectivity index (χ0v) is 32.7. The van der Waals surface area contributed by atoms with E-state index in [0.717, 1.165) is 16.5 Å². The number of hydrogen-bond acceptors (Lipinski definition) is 0. The van der Waals surface area contributed by atoms with Gasteiger partial charge in [-0.05, 0) is 0 Å². The van der Waals surface area contributed by atoms with Crippen LogP contribution in [0.3, 0.4) is 0 Å². The van der Waals surface area contributed by atoms with Gasteiger partial charge in [0.2, 0.25) is 0 Å². The second-order valence-corrected chi connectivity index (χ2v) is 23.7. The van der Waals surface area contributed by atoms with E-state index in [4.69, 9.17) is 23.2 Å². The summed E-state index contributed by atoms with van der Waals surface area (Å²) >= 11 is 10.3. The van der Waals surface area contributed by atoms with Crippen LogP contribution in [-0.4, -0.2) is 3.26 Å². The fourth-order valence-corrected chi connectivity index (χ4v) is 19.9. The summed E-state index contributed by atoms with van der Waals surface area (Å²) in [5.74, 6) is 0. The third-order valence-corrected chi connectivity index (χ3v) is 21.3. The van der Waals surface area contributed by atoms with Crippen LogP contribution in [0, 0.1) is 0 Å². The van der Waals surface area contributed by atoms with Crippen molar-refractivity contribution < 1.29 is 45.8 Å². The quantitative estimate of drug-likeness (QED) is 0.242. The monoisotopic (exact) mass is 826 g/mol. The maximum absolute atomic E-state index is 6.67. The summed E-state index contributed by atoms with van der Waals surface area (Å²) < 4.78 is 3.46. The third-order valence-electron chi connectivity index (χ3n) is 8.65. The number of rotatable bonds is 4. The minimum atomic E-state index is -3.02. The van der Waals surface area contributed by atoms with Crippen molar-refractivity contribution in [2.45, 2.75) is 62.5 Å². The van der Waals surface area contributed by atoms with Gasteiger partial charge in [-0.3, -0.25) is 0 Å². The average Bonchev–Trinajstić information content (AvgIpc) is 3.57. The van der Waals surface area contributed by atoms with Crippen molar-refractivity contribution in [2.24, 2.45) is 0 Å². The Bertz CT molecular complexity index is 1690. The molecule has 0 heterocycles. The Labute approximate surface area is 293 Å². The summed E-state index contributed by atoms with van der Waals surface area (Å²) in [6.07, 6.45) is 8.03. The van der Waals surface area contributed by atoms with E-state index in [1.54, 1.807) is 3.33 Å². The molecule has 2 aliphatic rings. The van der Waals surface area contributed by atoms with Crippen molar-refractivity contribution in [3.63, 3.8) is 0 Å². The topological polar surface area (TPSA) is 0 Å². The summed E-state index contributed by atoms with van der Waals surface area (Å²) in [7, 11) is 0. The van der Waals surface area contributed by atoms with Crippen LogP contribution in [-0.2, 0) is 31.8 Å². The molecule has 0 aromatic heterocycles. The number of benzene rings is 4. The van der Waals surface area contributed by atoms with Crippen LogP contribution in [0.25, 0.3) is 11.1 Å². The van der Waals surface area contributed by atoms with E-state index < -0.39 is 21.0 Å². The smallest absolute Gasteiger partial charge is 1.00 e. The SMILES string of the molecule is CC(C)(C)c1ccc2c(c1)-c1cc(C(C)(C)C)ccc1[CH]2[Hf+2]([C]1=CC=CC1)=[C](c1cccc(Cl)c1)c1cccc(Cl)c1.[Cl-].[Cl-]. The van der Waals surface area contributed by atoms with Crippen LogP contribution >= 0.6 is 23.2 Å². The molecule has 0 N–H and O–H groups in total. The Morgan fingerprint density at radius 2 is 1.14 bits per heavy atom. The van der Waals surface area contributed by atoms with Gasteiger partial charge in [-0.1, -0.05) is 0 Å². The van der Waals surface area contributed by atoms with Crippen molar-refractivity contribution in [2.75, 3.05) is 0 Å². The first kappa shape index (κ1) is 35.1. The van der Waals surface area contributed by atoms with E-state index in [1.807, 2.05) is 12.1 Å². The molecule has 0 fully saturated rings. The zero-order valence-electron chi connectivity index (χ0n) is 26.1. The van der Waals surface area contributed by atoms with Crippen LogP contribution in [0.5, 0.6) is 0 Å². The molecule has 0 atom stereocenters. The van der Waals surface area contributed by atoms with Crippen LogP contribution in [0.15, 0.2) is 106 Å². The van der Waals surface area contributed by atoms with Crippen LogP contribution in [0.1, 0.15) is 85.0 Å². The van der Waals surface area contributed by atoms with E-state index in [2.05, 4.69) is 133 Å². The Hall–Kier alpha value is -1.74. The molecule has 0 bridgehead atoms. The van der Waals surface area contributed by atoms with Crippen LogP contribution in [0.4, 0.5) is 0 Å². The van der Waals surface area contributed by atoms with E-state index in [9.17, 15) is 0 Å². The van der Waals surface area contributed by atoms with Crippen LogP contribution in [0.2, 0.25) is 10.0 Å². The van der Waals surface area contributed by atoms with Crippen LogP contribution < -0.4 is 24.8 Å². The molecule has 0 spiro atoms. The van der Waals surface area contributed by atoms with Gasteiger partial charge in [0.1, 0.15) is 0 Å². The molecule has 0 radical (unpaired) electrons. The molecular formula is C39H38Cl4Hf. The van der Waals surface area contributed by atoms with Gasteiger partial charge in [0, 0.05) is 0 Å². The molecule has 2 aliphatic carbocycles. The van der Waals surface area contributed by atoms with Gasteiger partial charge in [-0.25, -0.2) is 0 Å². The van der Waals surface area contributed by atoms with Crippen molar-refractivity contribution in [1.82, 2.24) is 0 Å². The summed E-state index contributed by atoms with van der Waals surface area (Å²) in [6, 6.07) is 31.6. The zero-order chi connectivity index (χ0) is 29.8. The van der Waals surface area contributed by atoms with Crippen molar-refractivity contribution >= 4 is 26.5 Å². The fourth-order valence-electron chi connectivity index (χ4n) is 6.40. The maximum atomic E-state index is 6.67. The second-order valence-electron chi connectivity index (χ2n) is 13.7. The first-order valence-corrected chi connectivity index (χ1v) is 21.3. The van der Waals surface area contributed by atoms with Crippen molar-refractivity contribution in [3.05, 3.63) is 150 Å². The molecule has 0 amide bonds. The summed E-state index contributed by atoms with van der Waals surface area (Å²) in [5, 5.41) is 1.54. The average molecular weight is 827 g/mol. The molecule has 0 saturated heterocycles. The van der Waals surface area contributed by atoms with Gasteiger partial charge < -0.3 is 24.8 Å². The van der Waals surface area contributed by atoms with Gasteiger partial charge in [0.25, 0.3) is 0 Å². The molecule has 5 heteroatoms. The number of halogens is 4. The van der Waals surface area contributed by atoms with Gasteiger partial charge >= 0.3 is 271 Å². The van der Waals surface area contributed by atoms with Gasteiger partial charge in [-0.2, -0.15) is 0 Å². The predicted molar refractivity (Wildman–Crippen MR) is 179 cm³/mol. The normalized spacial score (nSPS) is 13.7. The van der Waals surface area contributed by atoms with Crippen molar-refractivity contribution in [1.29, 1.82) is 0 Å². The maximum Gasteiger partial charge on any atom is -1.00 e. The molecule has 0 unspecified atom stereocenters. The number of hydrogen-bond donors (Lipinski definition) is 0. The Morgan fingerprint density at radius 3 is 1.52 bits per heavy atom. The molecule has 0 nitrogen and oxygen atoms in total. The molecule has 6 rings (SSSR count). The predicted octanol–water partition coefficient (Wildman–Crippen LogP) is 5.40. The largest absolute Gasteiger partial charge is 1.00 e. The summed E-state index contributed by atoms with van der Waals surface area (Å²) in [6.45, 7) is 13.9. The minimum Gasteiger partial charge on any atom is -1.00 e. The standard InChI is InChI=1S/C21H25.C13H8Cl2.C5H5.2ClH.Hf/c1-20(2,3)16-9-7-14-11-15-8-10-17(21(4,5)6)13-19(15)18(14)12-16;14-12-5-1-3-10(8-12)7-11-4-2-6-13(15)9-11;1-2-4-5-3-1;;;/h7-13H,1-6H3;1-6,8-9H;1-3H,4H2;2*1H;/q;;;;;+2/p-2. The first-order valence-electron chi connectivity index (χ1n) is 14.8. The minimum absolute atomic E-state index is 0. The van der Waals surface area contributed by atoms with E-state index >= 15 is 0 Å². The number of allylic oxidation sites excluding steroid dienone is 4. The molecular weight excluding hydrogens is 789 g/mol. The van der Waals surface area contributed by atoms with Gasteiger partial charge in [-0.15, -0.1) is 0 Å². The molecule has 4 aromatic rings. The molecule has 0 aliphatic heterocycles. The van der Waals surface area contributed by atoms with Gasteiger partial charge in [0.05, 0.1) is 0 Å². The van der Waals surface area contributed by atoms with Gasteiger partial charge in [0.15, 0.2) is 0 Å². The van der Waals surface area contributed by atoms with Crippen molar-refractivity contribution in [3.8, 4) is 11.1 Å². The van der Waals surface area contributed by atoms with E-state index in [0.29, 0.717) is 3.67 Å². The summed E-state index contributed by atoms with van der Waals surface area (Å²) in [5.41, 5.74) is 11.2. The third kappa shape index (κ3) is 6.84. The first-order chi connectivity index (χ1) is 19.9. The fraction of sp³-hybridized carbons (Fsp3) is 0.256. The Kier molecular flexibility index (Phi) is 10.8. The Balaban J connectivity index is 0.00000221. The second kappa shape index (κ2) is 13.5. The molecule has 226 valence electrons. The van der Waals surface area contributed by atoms with E-state index in [-0.39, 0.29) is 35.6 Å². The molecule has 4 aromatic carbocycles. The summed E-state index contributed by atoms with van der Waals surface area (Å²) in [4.78, 5) is 0. The van der Waals surface area contributed by atoms with E-state index in [1.165, 1.54) is 47.8 Å². The number of fused-ring (bicyclic) bond motifs is 3. The molecule has 44 heavy (non-hydrogen) atoms.